The molecular weight excluding hydrogens is 383 g/mol. The van der Waals surface area contributed by atoms with Gasteiger partial charge in [-0.3, -0.25) is 9.69 Å². The van der Waals surface area contributed by atoms with Crippen LogP contribution < -0.4 is 16.0 Å². The van der Waals surface area contributed by atoms with E-state index in [9.17, 15) is 14.0 Å². The van der Waals surface area contributed by atoms with E-state index in [0.717, 1.165) is 30.8 Å². The summed E-state index contributed by atoms with van der Waals surface area (Å²) in [4.78, 5) is 26.4. The summed E-state index contributed by atoms with van der Waals surface area (Å²) < 4.78 is 12.9. The monoisotopic (exact) mass is 412 g/mol. The van der Waals surface area contributed by atoms with Crippen molar-refractivity contribution in [2.24, 2.45) is 0 Å². The van der Waals surface area contributed by atoms with Crippen molar-refractivity contribution in [2.45, 2.75) is 38.9 Å². The molecule has 0 aliphatic carbocycles. The van der Waals surface area contributed by atoms with Crippen LogP contribution >= 0.6 is 0 Å². The van der Waals surface area contributed by atoms with Gasteiger partial charge in [0.2, 0.25) is 5.91 Å². The number of rotatable bonds is 8. The molecule has 6 nitrogen and oxygen atoms in total. The first-order valence-corrected chi connectivity index (χ1v) is 10.4. The Morgan fingerprint density at radius 2 is 1.53 bits per heavy atom. The fourth-order valence-electron chi connectivity index (χ4n) is 3.51. The number of urea groups is 1. The molecule has 0 bridgehead atoms. The lowest BCUT2D eigenvalue weighted by atomic mass is 10.0. The minimum absolute atomic E-state index is 0.108. The Bertz CT molecular complexity index is 835. The van der Waals surface area contributed by atoms with Crippen LogP contribution in [0.5, 0.6) is 0 Å². The van der Waals surface area contributed by atoms with Crippen molar-refractivity contribution < 1.29 is 14.0 Å². The summed E-state index contributed by atoms with van der Waals surface area (Å²) >= 11 is 0. The van der Waals surface area contributed by atoms with E-state index in [0.29, 0.717) is 6.54 Å². The minimum Gasteiger partial charge on any atom is -0.350 e. The van der Waals surface area contributed by atoms with E-state index in [1.165, 1.54) is 37.0 Å². The number of carbonyl (C=O) groups is 2. The van der Waals surface area contributed by atoms with Crippen molar-refractivity contribution in [2.75, 3.05) is 19.6 Å². The highest BCUT2D eigenvalue weighted by atomic mass is 19.1. The number of carbonyl (C=O) groups excluding carboxylic acids is 2. The molecule has 2 aromatic carbocycles. The number of hydrogen-bond acceptors (Lipinski definition) is 3. The molecule has 1 aliphatic heterocycles. The number of halogens is 1. The van der Waals surface area contributed by atoms with Crippen molar-refractivity contribution in [3.05, 3.63) is 71.0 Å². The molecule has 30 heavy (non-hydrogen) atoms. The fraction of sp³-hybridized carbons (Fsp3) is 0.391. The summed E-state index contributed by atoms with van der Waals surface area (Å²) in [7, 11) is 0. The van der Waals surface area contributed by atoms with Crippen LogP contribution in [0.1, 0.15) is 36.0 Å². The molecule has 1 aliphatic rings. The normalized spacial score (nSPS) is 14.2. The van der Waals surface area contributed by atoms with Crippen LogP contribution in [0.25, 0.3) is 0 Å². The smallest absolute Gasteiger partial charge is 0.315 e. The summed E-state index contributed by atoms with van der Waals surface area (Å²) in [5.74, 6) is -0.572. The molecule has 1 fully saturated rings. The van der Waals surface area contributed by atoms with Crippen molar-refractivity contribution in [1.82, 2.24) is 20.9 Å². The maximum Gasteiger partial charge on any atom is 0.315 e. The molecule has 0 radical (unpaired) electrons. The minimum atomic E-state index is -0.444. The molecule has 0 unspecified atom stereocenters. The number of amides is 3. The summed E-state index contributed by atoms with van der Waals surface area (Å²) in [6.07, 6.45) is 3.79. The van der Waals surface area contributed by atoms with Gasteiger partial charge in [0.25, 0.3) is 0 Å². The zero-order valence-electron chi connectivity index (χ0n) is 17.1. The molecular formula is C23H29FN4O2. The van der Waals surface area contributed by atoms with E-state index in [2.05, 4.69) is 26.9 Å². The van der Waals surface area contributed by atoms with Crippen molar-refractivity contribution >= 4 is 11.9 Å². The Kier molecular flexibility index (Phi) is 8.20. The van der Waals surface area contributed by atoms with Gasteiger partial charge in [-0.25, -0.2) is 9.18 Å². The van der Waals surface area contributed by atoms with E-state index in [1.807, 2.05) is 18.2 Å². The molecule has 0 spiro atoms. The van der Waals surface area contributed by atoms with Gasteiger partial charge in [-0.1, -0.05) is 42.8 Å². The van der Waals surface area contributed by atoms with Gasteiger partial charge in [0.15, 0.2) is 0 Å². The summed E-state index contributed by atoms with van der Waals surface area (Å²) in [6, 6.07) is 13.6. The molecule has 7 heteroatoms. The second-order valence-electron chi connectivity index (χ2n) is 7.54. The summed E-state index contributed by atoms with van der Waals surface area (Å²) in [6.45, 7) is 3.73. The Labute approximate surface area is 176 Å². The SMILES string of the molecule is O=C(CNC(=O)NCc1ccc(F)cc1)NCc1ccccc1CN1CCCCC1. The highest BCUT2D eigenvalue weighted by Crippen LogP contribution is 2.16. The number of hydrogen-bond donors (Lipinski definition) is 3. The van der Waals surface area contributed by atoms with Crippen LogP contribution in [0.15, 0.2) is 48.5 Å². The summed E-state index contributed by atoms with van der Waals surface area (Å²) in [5, 5.41) is 8.05. The molecule has 1 heterocycles. The average molecular weight is 413 g/mol. The first-order valence-electron chi connectivity index (χ1n) is 10.4. The van der Waals surface area contributed by atoms with Crippen LogP contribution in [0.2, 0.25) is 0 Å². The highest BCUT2D eigenvalue weighted by molar-refractivity contribution is 5.83. The Balaban J connectivity index is 1.39. The third-order valence-corrected chi connectivity index (χ3v) is 5.21. The standard InChI is InChI=1S/C23H29FN4O2/c24-21-10-8-18(9-11-21)14-26-23(30)27-16-22(29)25-15-19-6-2-3-7-20(19)17-28-12-4-1-5-13-28/h2-3,6-11H,1,4-5,12-17H2,(H,25,29)(H2,26,27,30). The van der Waals surface area contributed by atoms with Gasteiger partial charge in [0.05, 0.1) is 6.54 Å². The maximum atomic E-state index is 12.9. The molecule has 0 atom stereocenters. The number of likely N-dealkylation sites (tertiary alicyclic amines) is 1. The quantitative estimate of drug-likeness (QED) is 0.624. The lowest BCUT2D eigenvalue weighted by molar-refractivity contribution is -0.120. The van der Waals surface area contributed by atoms with E-state index in [-0.39, 0.29) is 24.8 Å². The number of piperidine rings is 1. The molecule has 3 N–H and O–H groups in total. The molecule has 2 aromatic rings. The second kappa shape index (κ2) is 11.3. The van der Waals surface area contributed by atoms with Crippen LogP contribution in [-0.4, -0.2) is 36.5 Å². The Hall–Kier alpha value is -2.93. The van der Waals surface area contributed by atoms with E-state index >= 15 is 0 Å². The van der Waals surface area contributed by atoms with Crippen molar-refractivity contribution in [3.63, 3.8) is 0 Å². The Morgan fingerprint density at radius 3 is 2.27 bits per heavy atom. The van der Waals surface area contributed by atoms with Gasteiger partial charge in [-0.15, -0.1) is 0 Å². The van der Waals surface area contributed by atoms with Crippen LogP contribution in [0, 0.1) is 5.82 Å². The highest BCUT2D eigenvalue weighted by Gasteiger charge is 2.13. The van der Waals surface area contributed by atoms with Gasteiger partial charge in [0, 0.05) is 19.6 Å². The van der Waals surface area contributed by atoms with Crippen LogP contribution in [0.4, 0.5) is 9.18 Å². The van der Waals surface area contributed by atoms with Gasteiger partial charge in [0.1, 0.15) is 5.82 Å². The molecule has 0 saturated carbocycles. The van der Waals surface area contributed by atoms with Crippen LogP contribution in [-0.2, 0) is 24.4 Å². The first-order chi connectivity index (χ1) is 14.6. The van der Waals surface area contributed by atoms with Crippen molar-refractivity contribution in [1.29, 1.82) is 0 Å². The lowest BCUT2D eigenvalue weighted by Gasteiger charge is -2.27. The lowest BCUT2D eigenvalue weighted by Crippen LogP contribution is -2.41. The summed E-state index contributed by atoms with van der Waals surface area (Å²) in [5.41, 5.74) is 3.10. The van der Waals surface area contributed by atoms with Crippen molar-refractivity contribution in [3.8, 4) is 0 Å². The van der Waals surface area contributed by atoms with E-state index in [1.54, 1.807) is 12.1 Å². The predicted octanol–water partition coefficient (Wildman–Crippen LogP) is 2.93. The third kappa shape index (κ3) is 7.15. The zero-order valence-corrected chi connectivity index (χ0v) is 17.1. The molecule has 160 valence electrons. The first kappa shape index (κ1) is 21.8. The van der Waals surface area contributed by atoms with Gasteiger partial charge in [-0.2, -0.15) is 0 Å². The molecule has 3 amide bonds. The van der Waals surface area contributed by atoms with E-state index < -0.39 is 6.03 Å². The molecule has 3 rings (SSSR count). The van der Waals surface area contributed by atoms with Gasteiger partial charge in [-0.05, 0) is 54.8 Å². The second-order valence-corrected chi connectivity index (χ2v) is 7.54. The number of benzene rings is 2. The average Bonchev–Trinajstić information content (AvgIpc) is 2.77. The Morgan fingerprint density at radius 1 is 0.833 bits per heavy atom. The predicted molar refractivity (Wildman–Crippen MR) is 114 cm³/mol. The zero-order chi connectivity index (χ0) is 21.2. The largest absolute Gasteiger partial charge is 0.350 e. The maximum absolute atomic E-state index is 12.9. The van der Waals surface area contributed by atoms with Gasteiger partial charge < -0.3 is 16.0 Å². The fourth-order valence-corrected chi connectivity index (χ4v) is 3.51. The van der Waals surface area contributed by atoms with Gasteiger partial charge >= 0.3 is 6.03 Å². The molecule has 1 saturated heterocycles. The number of nitrogens with one attached hydrogen (secondary N) is 3. The van der Waals surface area contributed by atoms with E-state index in [4.69, 9.17) is 0 Å². The topological polar surface area (TPSA) is 73.5 Å². The van der Waals surface area contributed by atoms with Crippen LogP contribution in [0.3, 0.4) is 0 Å². The third-order valence-electron chi connectivity index (χ3n) is 5.21. The molecule has 0 aromatic heterocycles. The number of nitrogens with zero attached hydrogens (tertiary/aromatic N) is 1.